The van der Waals surface area contributed by atoms with Gasteiger partial charge in [0.25, 0.3) is 0 Å². The van der Waals surface area contributed by atoms with Crippen LogP contribution in [0.2, 0.25) is 0 Å². The van der Waals surface area contributed by atoms with Crippen LogP contribution in [0.4, 0.5) is 5.69 Å². The van der Waals surface area contributed by atoms with Gasteiger partial charge in [0, 0.05) is 29.3 Å². The number of carbonyl (C=O) groups excluding carboxylic acids is 2. The highest BCUT2D eigenvalue weighted by Gasteiger charge is 2.25. The van der Waals surface area contributed by atoms with Crippen molar-refractivity contribution in [2.75, 3.05) is 31.2 Å². The number of anilines is 1. The molecule has 0 bridgehead atoms. The third kappa shape index (κ3) is 5.44. The number of nitrogens with one attached hydrogen (secondary N) is 1. The monoisotopic (exact) mass is 382 g/mol. The zero-order valence-corrected chi connectivity index (χ0v) is 16.5. The number of benzene rings is 2. The number of ketones is 1. The first kappa shape index (κ1) is 19.6. The maximum Gasteiger partial charge on any atom is 0.225 e. The van der Waals surface area contributed by atoms with E-state index in [1.165, 1.54) is 0 Å². The van der Waals surface area contributed by atoms with E-state index in [1.807, 2.05) is 60.9 Å². The molecule has 0 saturated carbocycles. The van der Waals surface area contributed by atoms with E-state index in [-0.39, 0.29) is 17.6 Å². The fraction of sp³-hybridized carbons (Fsp3) is 0.364. The van der Waals surface area contributed by atoms with E-state index in [0.29, 0.717) is 6.42 Å². The van der Waals surface area contributed by atoms with Crippen molar-refractivity contribution in [3.8, 4) is 0 Å². The summed E-state index contributed by atoms with van der Waals surface area (Å²) >= 11 is 1.63. The predicted octanol–water partition coefficient (Wildman–Crippen LogP) is 4.33. The summed E-state index contributed by atoms with van der Waals surface area (Å²) in [6, 6.07) is 17.4. The Balaban J connectivity index is 1.43. The van der Waals surface area contributed by atoms with Crippen molar-refractivity contribution >= 4 is 29.1 Å². The minimum atomic E-state index is 0.0407. The Morgan fingerprint density at radius 1 is 1.04 bits per heavy atom. The van der Waals surface area contributed by atoms with Crippen LogP contribution in [0, 0.1) is 5.92 Å². The molecular formula is C22H26N2O2S. The first-order valence-electron chi connectivity index (χ1n) is 9.42. The van der Waals surface area contributed by atoms with Gasteiger partial charge < -0.3 is 10.2 Å². The van der Waals surface area contributed by atoms with E-state index in [0.717, 1.165) is 48.6 Å². The first-order valence-corrected chi connectivity index (χ1v) is 10.6. The van der Waals surface area contributed by atoms with Gasteiger partial charge in [0.1, 0.15) is 0 Å². The lowest BCUT2D eigenvalue weighted by Gasteiger charge is -2.31. The van der Waals surface area contributed by atoms with Crippen LogP contribution >= 0.6 is 11.8 Å². The van der Waals surface area contributed by atoms with E-state index in [9.17, 15) is 9.59 Å². The van der Waals surface area contributed by atoms with Crippen LogP contribution in [-0.2, 0) is 4.79 Å². The van der Waals surface area contributed by atoms with Gasteiger partial charge in [-0.05, 0) is 44.3 Å². The van der Waals surface area contributed by atoms with Gasteiger partial charge in [-0.25, -0.2) is 0 Å². The van der Waals surface area contributed by atoms with E-state index in [1.54, 1.807) is 11.8 Å². The van der Waals surface area contributed by atoms with Gasteiger partial charge >= 0.3 is 0 Å². The zero-order chi connectivity index (χ0) is 19.1. The molecule has 0 spiro atoms. The summed E-state index contributed by atoms with van der Waals surface area (Å²) in [4.78, 5) is 28.2. The van der Waals surface area contributed by atoms with Crippen molar-refractivity contribution in [1.29, 1.82) is 0 Å². The fourth-order valence-corrected chi connectivity index (χ4v) is 4.03. The Labute approximate surface area is 165 Å². The zero-order valence-electron chi connectivity index (χ0n) is 15.7. The summed E-state index contributed by atoms with van der Waals surface area (Å²) in [5, 5.41) is 3.01. The van der Waals surface area contributed by atoms with Crippen LogP contribution in [0.1, 0.15) is 29.6 Å². The molecule has 142 valence electrons. The third-order valence-electron chi connectivity index (χ3n) is 5.05. The molecule has 0 aromatic heterocycles. The number of nitrogens with zero attached hydrogens (tertiary/aromatic N) is 1. The number of amides is 1. The van der Waals surface area contributed by atoms with Gasteiger partial charge in [0.2, 0.25) is 5.91 Å². The molecule has 1 N–H and O–H groups in total. The van der Waals surface area contributed by atoms with E-state index < -0.39 is 0 Å². The van der Waals surface area contributed by atoms with Crippen molar-refractivity contribution < 1.29 is 9.59 Å². The topological polar surface area (TPSA) is 49.4 Å². The number of Topliss-reactive ketones (excluding diaryl/α,β-unsaturated/α-hetero) is 1. The van der Waals surface area contributed by atoms with Crippen molar-refractivity contribution in [3.05, 3.63) is 60.2 Å². The molecule has 0 radical (unpaired) electrons. The van der Waals surface area contributed by atoms with Crippen LogP contribution in [0.15, 0.2) is 59.5 Å². The Morgan fingerprint density at radius 3 is 2.41 bits per heavy atom. The molecule has 1 aliphatic rings. The van der Waals surface area contributed by atoms with Crippen LogP contribution < -0.4 is 5.32 Å². The molecule has 0 atom stereocenters. The van der Waals surface area contributed by atoms with Gasteiger partial charge in [-0.2, -0.15) is 0 Å². The molecule has 2 aromatic carbocycles. The highest BCUT2D eigenvalue weighted by Crippen LogP contribution is 2.25. The van der Waals surface area contributed by atoms with Gasteiger partial charge in [0.05, 0.1) is 5.69 Å². The SMILES string of the molecule is CSc1ccccc1NC(=O)CCN1CCC(C(=O)c2ccccc2)CC1. The molecule has 0 aliphatic carbocycles. The number of thioether (sulfide) groups is 1. The van der Waals surface area contributed by atoms with Crippen molar-refractivity contribution in [3.63, 3.8) is 0 Å². The molecule has 1 amide bonds. The number of piperidine rings is 1. The molecular weight excluding hydrogens is 356 g/mol. The smallest absolute Gasteiger partial charge is 0.225 e. The summed E-state index contributed by atoms with van der Waals surface area (Å²) in [7, 11) is 0. The van der Waals surface area contributed by atoms with Gasteiger partial charge in [-0.15, -0.1) is 11.8 Å². The van der Waals surface area contributed by atoms with Crippen molar-refractivity contribution in [1.82, 2.24) is 4.90 Å². The number of carbonyl (C=O) groups is 2. The van der Waals surface area contributed by atoms with Gasteiger partial charge in [0.15, 0.2) is 5.78 Å². The number of rotatable bonds is 7. The van der Waals surface area contributed by atoms with Gasteiger partial charge in [-0.1, -0.05) is 42.5 Å². The number of likely N-dealkylation sites (tertiary alicyclic amines) is 1. The lowest BCUT2D eigenvalue weighted by Crippen LogP contribution is -2.38. The number of hydrogen-bond donors (Lipinski definition) is 1. The van der Waals surface area contributed by atoms with Crippen molar-refractivity contribution in [2.45, 2.75) is 24.2 Å². The second kappa shape index (κ2) is 9.72. The summed E-state index contributed by atoms with van der Waals surface area (Å²) in [5.41, 5.74) is 1.69. The predicted molar refractivity (Wildman–Crippen MR) is 111 cm³/mol. The average Bonchev–Trinajstić information content (AvgIpc) is 2.73. The molecule has 3 rings (SSSR count). The summed E-state index contributed by atoms with van der Waals surface area (Å²) < 4.78 is 0. The fourth-order valence-electron chi connectivity index (χ4n) is 3.48. The van der Waals surface area contributed by atoms with Crippen LogP contribution in [0.3, 0.4) is 0 Å². The number of para-hydroxylation sites is 1. The Bertz CT molecular complexity index is 771. The molecule has 1 saturated heterocycles. The minimum Gasteiger partial charge on any atom is -0.325 e. The first-order chi connectivity index (χ1) is 13.2. The average molecular weight is 383 g/mol. The maximum absolute atomic E-state index is 12.6. The molecule has 2 aromatic rings. The Morgan fingerprint density at radius 2 is 1.70 bits per heavy atom. The van der Waals surface area contributed by atoms with Crippen LogP contribution in [0.5, 0.6) is 0 Å². The van der Waals surface area contributed by atoms with E-state index in [2.05, 4.69) is 10.2 Å². The van der Waals surface area contributed by atoms with E-state index >= 15 is 0 Å². The molecule has 1 fully saturated rings. The van der Waals surface area contributed by atoms with Crippen LogP contribution in [-0.4, -0.2) is 42.5 Å². The minimum absolute atomic E-state index is 0.0407. The van der Waals surface area contributed by atoms with Crippen molar-refractivity contribution in [2.24, 2.45) is 5.92 Å². The number of hydrogen-bond acceptors (Lipinski definition) is 4. The molecule has 5 heteroatoms. The maximum atomic E-state index is 12.6. The highest BCUT2D eigenvalue weighted by molar-refractivity contribution is 7.98. The molecule has 1 heterocycles. The quantitative estimate of drug-likeness (QED) is 0.572. The lowest BCUT2D eigenvalue weighted by atomic mass is 9.89. The molecule has 27 heavy (non-hydrogen) atoms. The second-order valence-electron chi connectivity index (χ2n) is 6.84. The summed E-state index contributed by atoms with van der Waals surface area (Å²) in [6.45, 7) is 2.48. The largest absolute Gasteiger partial charge is 0.325 e. The Kier molecular flexibility index (Phi) is 7.07. The van der Waals surface area contributed by atoms with Crippen LogP contribution in [0.25, 0.3) is 0 Å². The summed E-state index contributed by atoms with van der Waals surface area (Å²) in [5.74, 6) is 0.395. The Hall–Kier alpha value is -2.11. The molecule has 0 unspecified atom stereocenters. The van der Waals surface area contributed by atoms with E-state index in [4.69, 9.17) is 0 Å². The standard InChI is InChI=1S/C22H26N2O2S/c1-27-20-10-6-5-9-19(20)23-21(25)13-16-24-14-11-18(12-15-24)22(26)17-7-3-2-4-8-17/h2-10,18H,11-16H2,1H3,(H,23,25). The molecule has 1 aliphatic heterocycles. The highest BCUT2D eigenvalue weighted by atomic mass is 32.2. The second-order valence-corrected chi connectivity index (χ2v) is 7.69. The normalized spacial score (nSPS) is 15.4. The lowest BCUT2D eigenvalue weighted by molar-refractivity contribution is -0.116. The van der Waals surface area contributed by atoms with Gasteiger partial charge in [-0.3, -0.25) is 9.59 Å². The third-order valence-corrected chi connectivity index (χ3v) is 5.85. The molecule has 4 nitrogen and oxygen atoms in total. The summed E-state index contributed by atoms with van der Waals surface area (Å²) in [6.07, 6.45) is 4.21.